The molecule has 6 heteroatoms. The summed E-state index contributed by atoms with van der Waals surface area (Å²) in [5.41, 5.74) is 1.77. The lowest BCUT2D eigenvalue weighted by Gasteiger charge is -2.17. The summed E-state index contributed by atoms with van der Waals surface area (Å²) in [5, 5.41) is 0.644. The predicted molar refractivity (Wildman–Crippen MR) is 82.0 cm³/mol. The van der Waals surface area contributed by atoms with Crippen molar-refractivity contribution in [2.24, 2.45) is 0 Å². The van der Waals surface area contributed by atoms with Gasteiger partial charge >= 0.3 is 6.03 Å². The average molecular weight is 316 g/mol. The minimum absolute atomic E-state index is 0.0989. The first kappa shape index (κ1) is 14.5. The fourth-order valence-electron chi connectivity index (χ4n) is 2.36. The summed E-state index contributed by atoms with van der Waals surface area (Å²) < 4.78 is 0. The van der Waals surface area contributed by atoms with E-state index >= 15 is 0 Å². The van der Waals surface area contributed by atoms with Gasteiger partial charge in [-0.3, -0.25) is 14.7 Å². The van der Waals surface area contributed by atoms with Crippen LogP contribution in [0.3, 0.4) is 0 Å². The summed E-state index contributed by atoms with van der Waals surface area (Å²) in [6, 6.07) is 10.6. The zero-order chi connectivity index (χ0) is 15.5. The van der Waals surface area contributed by atoms with Crippen molar-refractivity contribution in [1.82, 2.24) is 14.8 Å². The van der Waals surface area contributed by atoms with Gasteiger partial charge in [-0.2, -0.15) is 0 Å². The van der Waals surface area contributed by atoms with E-state index in [9.17, 15) is 9.59 Å². The Morgan fingerprint density at radius 1 is 1.05 bits per heavy atom. The highest BCUT2D eigenvalue weighted by Gasteiger charge is 2.35. The van der Waals surface area contributed by atoms with Crippen LogP contribution in [-0.4, -0.2) is 33.3 Å². The Bertz CT molecular complexity index is 688. The Kier molecular flexibility index (Phi) is 4.06. The van der Waals surface area contributed by atoms with Crippen LogP contribution < -0.4 is 0 Å². The number of hydrogen-bond acceptors (Lipinski definition) is 3. The maximum absolute atomic E-state index is 12.4. The molecule has 1 aromatic heterocycles. The lowest BCUT2D eigenvalue weighted by atomic mass is 10.2. The van der Waals surface area contributed by atoms with Crippen molar-refractivity contribution < 1.29 is 9.59 Å². The maximum Gasteiger partial charge on any atom is 0.327 e. The number of benzene rings is 1. The molecule has 2 heterocycles. The van der Waals surface area contributed by atoms with Crippen molar-refractivity contribution >= 4 is 23.5 Å². The van der Waals surface area contributed by atoms with Gasteiger partial charge < -0.3 is 4.90 Å². The molecule has 0 unspecified atom stereocenters. The van der Waals surface area contributed by atoms with E-state index in [1.165, 1.54) is 9.80 Å². The summed E-state index contributed by atoms with van der Waals surface area (Å²) >= 11 is 5.84. The number of pyridine rings is 1. The van der Waals surface area contributed by atoms with E-state index in [1.807, 2.05) is 18.2 Å². The molecule has 112 valence electrons. The van der Waals surface area contributed by atoms with E-state index < -0.39 is 0 Å². The maximum atomic E-state index is 12.4. The van der Waals surface area contributed by atoms with Crippen molar-refractivity contribution in [2.75, 3.05) is 6.54 Å². The van der Waals surface area contributed by atoms with Gasteiger partial charge in [0.2, 0.25) is 0 Å². The van der Waals surface area contributed by atoms with E-state index in [0.29, 0.717) is 11.6 Å². The first-order valence-corrected chi connectivity index (χ1v) is 7.24. The van der Waals surface area contributed by atoms with Crippen LogP contribution in [-0.2, 0) is 17.9 Å². The Morgan fingerprint density at radius 2 is 1.82 bits per heavy atom. The predicted octanol–water partition coefficient (Wildman–Crippen LogP) is 2.70. The van der Waals surface area contributed by atoms with Crippen LogP contribution >= 0.6 is 11.6 Å². The number of rotatable bonds is 4. The van der Waals surface area contributed by atoms with Gasteiger partial charge in [0, 0.05) is 24.0 Å². The Morgan fingerprint density at radius 3 is 2.50 bits per heavy atom. The SMILES string of the molecule is O=C1CN(Cc2ccc(Cl)cc2)C(=O)N1Cc1cccnc1. The molecular formula is C16H14ClN3O2. The topological polar surface area (TPSA) is 53.5 Å². The number of urea groups is 1. The number of amides is 3. The van der Waals surface area contributed by atoms with Gasteiger partial charge in [0.25, 0.3) is 5.91 Å². The second-order valence-corrected chi connectivity index (χ2v) is 5.54. The summed E-state index contributed by atoms with van der Waals surface area (Å²) in [4.78, 5) is 31.2. The van der Waals surface area contributed by atoms with Crippen LogP contribution in [0.15, 0.2) is 48.8 Å². The highest BCUT2D eigenvalue weighted by molar-refractivity contribution is 6.30. The second-order valence-electron chi connectivity index (χ2n) is 5.11. The number of aromatic nitrogens is 1. The summed E-state index contributed by atoms with van der Waals surface area (Å²) in [6.07, 6.45) is 3.31. The van der Waals surface area contributed by atoms with E-state index in [2.05, 4.69) is 4.98 Å². The van der Waals surface area contributed by atoms with Gasteiger partial charge in [-0.25, -0.2) is 4.79 Å². The van der Waals surface area contributed by atoms with Gasteiger partial charge in [0.15, 0.2) is 0 Å². The average Bonchev–Trinajstić information content (AvgIpc) is 2.78. The zero-order valence-electron chi connectivity index (χ0n) is 11.8. The molecule has 0 radical (unpaired) electrons. The molecule has 3 amide bonds. The highest BCUT2D eigenvalue weighted by atomic mass is 35.5. The molecule has 0 aliphatic carbocycles. The lowest BCUT2D eigenvalue weighted by molar-refractivity contribution is -0.125. The first-order valence-electron chi connectivity index (χ1n) is 6.86. The third kappa shape index (κ3) is 3.09. The van der Waals surface area contributed by atoms with Gasteiger partial charge in [-0.1, -0.05) is 29.8 Å². The van der Waals surface area contributed by atoms with E-state index in [-0.39, 0.29) is 25.0 Å². The molecule has 0 saturated carbocycles. The van der Waals surface area contributed by atoms with Gasteiger partial charge in [0.05, 0.1) is 6.54 Å². The molecule has 1 fully saturated rings. The molecule has 0 atom stereocenters. The van der Waals surface area contributed by atoms with Crippen LogP contribution in [0, 0.1) is 0 Å². The third-order valence-corrected chi connectivity index (χ3v) is 3.73. The molecule has 1 aromatic carbocycles. The van der Waals surface area contributed by atoms with Crippen molar-refractivity contribution in [3.05, 3.63) is 64.9 Å². The number of carbonyl (C=O) groups excluding carboxylic acids is 2. The number of nitrogens with zero attached hydrogens (tertiary/aromatic N) is 3. The molecule has 3 rings (SSSR count). The highest BCUT2D eigenvalue weighted by Crippen LogP contribution is 2.18. The molecule has 22 heavy (non-hydrogen) atoms. The number of imide groups is 1. The van der Waals surface area contributed by atoms with Crippen LogP contribution in [0.4, 0.5) is 4.79 Å². The van der Waals surface area contributed by atoms with Crippen molar-refractivity contribution in [3.63, 3.8) is 0 Å². The Hall–Kier alpha value is -2.40. The molecule has 0 N–H and O–H groups in total. The summed E-state index contributed by atoms with van der Waals surface area (Å²) in [7, 11) is 0. The van der Waals surface area contributed by atoms with Gasteiger partial charge in [-0.15, -0.1) is 0 Å². The van der Waals surface area contributed by atoms with Crippen LogP contribution in [0.5, 0.6) is 0 Å². The number of hydrogen-bond donors (Lipinski definition) is 0. The smallest absolute Gasteiger partial charge is 0.311 e. The molecule has 1 saturated heterocycles. The molecule has 5 nitrogen and oxygen atoms in total. The van der Waals surface area contributed by atoms with Crippen molar-refractivity contribution in [1.29, 1.82) is 0 Å². The largest absolute Gasteiger partial charge is 0.327 e. The molecule has 1 aliphatic heterocycles. The van der Waals surface area contributed by atoms with Crippen LogP contribution in [0.1, 0.15) is 11.1 Å². The molecule has 1 aliphatic rings. The van der Waals surface area contributed by atoms with Crippen LogP contribution in [0.2, 0.25) is 5.02 Å². The molecule has 0 bridgehead atoms. The summed E-state index contributed by atoms with van der Waals surface area (Å²) in [6.45, 7) is 0.746. The fraction of sp³-hybridized carbons (Fsp3) is 0.188. The molecule has 2 aromatic rings. The van der Waals surface area contributed by atoms with Crippen molar-refractivity contribution in [3.8, 4) is 0 Å². The minimum Gasteiger partial charge on any atom is -0.311 e. The van der Waals surface area contributed by atoms with E-state index in [0.717, 1.165) is 11.1 Å². The lowest BCUT2D eigenvalue weighted by Crippen LogP contribution is -2.32. The number of halogens is 1. The Labute approximate surface area is 133 Å². The minimum atomic E-state index is -0.274. The normalized spacial score (nSPS) is 14.8. The van der Waals surface area contributed by atoms with E-state index in [1.54, 1.807) is 30.6 Å². The second kappa shape index (κ2) is 6.15. The first-order chi connectivity index (χ1) is 10.6. The standard InChI is InChI=1S/C16H14ClN3O2/c17-14-5-3-12(4-6-14)9-19-11-15(21)20(16(19)22)10-13-2-1-7-18-8-13/h1-8H,9-11H2. The van der Waals surface area contributed by atoms with Crippen molar-refractivity contribution in [2.45, 2.75) is 13.1 Å². The zero-order valence-corrected chi connectivity index (χ0v) is 12.5. The van der Waals surface area contributed by atoms with Gasteiger partial charge in [-0.05, 0) is 29.3 Å². The molecular weight excluding hydrogens is 302 g/mol. The fourth-order valence-corrected chi connectivity index (χ4v) is 2.48. The third-order valence-electron chi connectivity index (χ3n) is 3.48. The van der Waals surface area contributed by atoms with E-state index in [4.69, 9.17) is 11.6 Å². The molecule has 0 spiro atoms. The monoisotopic (exact) mass is 315 g/mol. The van der Waals surface area contributed by atoms with Crippen LogP contribution in [0.25, 0.3) is 0 Å². The number of carbonyl (C=O) groups is 2. The van der Waals surface area contributed by atoms with Gasteiger partial charge in [0.1, 0.15) is 6.54 Å². The Balaban J connectivity index is 1.70. The quantitative estimate of drug-likeness (QED) is 0.815. The summed E-state index contributed by atoms with van der Waals surface area (Å²) in [5.74, 6) is -0.192.